The van der Waals surface area contributed by atoms with Gasteiger partial charge in [0.25, 0.3) is 0 Å². The van der Waals surface area contributed by atoms with Gasteiger partial charge in [0.1, 0.15) is 0 Å². The number of hydrogen-bond donors (Lipinski definition) is 2. The van der Waals surface area contributed by atoms with Crippen molar-refractivity contribution in [2.24, 2.45) is 10.9 Å². The molecule has 0 radical (unpaired) electrons. The van der Waals surface area contributed by atoms with E-state index in [9.17, 15) is 0 Å². The van der Waals surface area contributed by atoms with Gasteiger partial charge in [-0.05, 0) is 36.6 Å². The summed E-state index contributed by atoms with van der Waals surface area (Å²) in [6, 6.07) is 9.87. The third-order valence-corrected chi connectivity index (χ3v) is 4.35. The number of rotatable bonds is 5. The Kier molecular flexibility index (Phi) is 5.03. The quantitative estimate of drug-likeness (QED) is 0.373. The molecule has 2 aromatic rings. The lowest BCUT2D eigenvalue weighted by atomic mass is 10.1. The van der Waals surface area contributed by atoms with Crippen LogP contribution in [0.1, 0.15) is 17.4 Å². The van der Waals surface area contributed by atoms with Crippen LogP contribution in [0.5, 0.6) is 0 Å². The molecule has 1 aromatic carbocycles. The Balaban J connectivity index is 2.39. The third-order valence-electron chi connectivity index (χ3n) is 2.99. The monoisotopic (exact) mass is 353 g/mol. The molecule has 0 amide bonds. The molecule has 106 valence electrons. The van der Waals surface area contributed by atoms with E-state index in [2.05, 4.69) is 44.4 Å². The van der Waals surface area contributed by atoms with Crippen molar-refractivity contribution in [3.05, 3.63) is 50.6 Å². The second-order valence-corrected chi connectivity index (χ2v) is 6.19. The first-order chi connectivity index (χ1) is 9.65. The predicted octanol–water partition coefficient (Wildman–Crippen LogP) is 3.63. The van der Waals surface area contributed by atoms with E-state index in [0.29, 0.717) is 0 Å². The topological polar surface area (TPSA) is 61.8 Å². The lowest BCUT2D eigenvalue weighted by Crippen LogP contribution is -2.25. The van der Waals surface area contributed by atoms with Gasteiger partial charge in [0.15, 0.2) is 5.84 Å². The van der Waals surface area contributed by atoms with Crippen molar-refractivity contribution >= 4 is 38.8 Å². The number of nitrogens with two attached hydrogens (primary N) is 1. The van der Waals surface area contributed by atoms with Gasteiger partial charge in [0.2, 0.25) is 0 Å². The number of benzene rings is 1. The highest BCUT2D eigenvalue weighted by atomic mass is 79.9. The zero-order valence-electron chi connectivity index (χ0n) is 11.1. The van der Waals surface area contributed by atoms with E-state index in [0.717, 1.165) is 28.8 Å². The highest BCUT2D eigenvalue weighted by Crippen LogP contribution is 2.27. The molecule has 0 aliphatic rings. The van der Waals surface area contributed by atoms with Crippen molar-refractivity contribution in [2.75, 3.05) is 11.4 Å². The van der Waals surface area contributed by atoms with Crippen LogP contribution in [0, 0.1) is 0 Å². The minimum atomic E-state index is 0.122. The van der Waals surface area contributed by atoms with Crippen LogP contribution in [-0.4, -0.2) is 17.6 Å². The number of nitrogens with zero attached hydrogens (tertiary/aromatic N) is 2. The molecule has 20 heavy (non-hydrogen) atoms. The highest BCUT2D eigenvalue weighted by molar-refractivity contribution is 9.10. The Bertz CT molecular complexity index is 598. The fourth-order valence-corrected chi connectivity index (χ4v) is 3.06. The Morgan fingerprint density at radius 3 is 2.85 bits per heavy atom. The lowest BCUT2D eigenvalue weighted by molar-refractivity contribution is 0.318. The average Bonchev–Trinajstić information content (AvgIpc) is 2.97. The lowest BCUT2D eigenvalue weighted by Gasteiger charge is -2.25. The summed E-state index contributed by atoms with van der Waals surface area (Å²) in [7, 11) is 0. The Hall–Kier alpha value is -1.53. The molecule has 0 bridgehead atoms. The van der Waals surface area contributed by atoms with Crippen LogP contribution < -0.4 is 10.6 Å². The molecule has 0 saturated carbocycles. The molecule has 0 fully saturated rings. The molecule has 0 spiro atoms. The van der Waals surface area contributed by atoms with E-state index in [1.54, 1.807) is 11.3 Å². The number of thiophene rings is 1. The zero-order chi connectivity index (χ0) is 14.5. The van der Waals surface area contributed by atoms with Crippen molar-refractivity contribution in [2.45, 2.75) is 13.5 Å². The molecule has 2 rings (SSSR count). The first-order valence-electron chi connectivity index (χ1n) is 6.20. The Morgan fingerprint density at radius 2 is 2.25 bits per heavy atom. The van der Waals surface area contributed by atoms with Gasteiger partial charge in [-0.2, -0.15) is 0 Å². The van der Waals surface area contributed by atoms with E-state index < -0.39 is 0 Å². The fourth-order valence-electron chi connectivity index (χ4n) is 1.99. The van der Waals surface area contributed by atoms with Crippen LogP contribution in [0.15, 0.2) is 45.3 Å². The van der Waals surface area contributed by atoms with Crippen LogP contribution >= 0.6 is 27.3 Å². The summed E-state index contributed by atoms with van der Waals surface area (Å²) in [5.41, 5.74) is 7.45. The van der Waals surface area contributed by atoms with Gasteiger partial charge < -0.3 is 15.8 Å². The van der Waals surface area contributed by atoms with Crippen molar-refractivity contribution in [1.29, 1.82) is 0 Å². The van der Waals surface area contributed by atoms with Gasteiger partial charge >= 0.3 is 0 Å². The van der Waals surface area contributed by atoms with Gasteiger partial charge in [0, 0.05) is 27.1 Å². The minimum absolute atomic E-state index is 0.122. The van der Waals surface area contributed by atoms with Crippen LogP contribution in [0.2, 0.25) is 0 Å². The number of anilines is 1. The fraction of sp³-hybridized carbons (Fsp3) is 0.214. The van der Waals surface area contributed by atoms with Crippen molar-refractivity contribution in [1.82, 2.24) is 0 Å². The Labute approximate surface area is 130 Å². The minimum Gasteiger partial charge on any atom is -0.409 e. The molecular formula is C14H16BrN3OS. The van der Waals surface area contributed by atoms with Crippen LogP contribution in [0.25, 0.3) is 0 Å². The van der Waals surface area contributed by atoms with Gasteiger partial charge in [-0.25, -0.2) is 0 Å². The molecule has 4 nitrogen and oxygen atoms in total. The van der Waals surface area contributed by atoms with Crippen molar-refractivity contribution < 1.29 is 5.21 Å². The zero-order valence-corrected chi connectivity index (χ0v) is 13.5. The molecule has 3 N–H and O–H groups in total. The SMILES string of the molecule is CCN(Cc1cccs1)c1cc(Br)ccc1/C(N)=N/O. The average molecular weight is 354 g/mol. The Morgan fingerprint density at radius 1 is 1.45 bits per heavy atom. The van der Waals surface area contributed by atoms with Gasteiger partial charge in [-0.15, -0.1) is 11.3 Å². The maximum atomic E-state index is 8.93. The normalized spacial score (nSPS) is 11.6. The molecular weight excluding hydrogens is 338 g/mol. The summed E-state index contributed by atoms with van der Waals surface area (Å²) in [5, 5.41) is 14.1. The summed E-state index contributed by atoms with van der Waals surface area (Å²) >= 11 is 5.20. The maximum Gasteiger partial charge on any atom is 0.172 e. The van der Waals surface area contributed by atoms with Gasteiger partial charge in [0.05, 0.1) is 6.54 Å². The first-order valence-corrected chi connectivity index (χ1v) is 7.87. The van der Waals surface area contributed by atoms with Crippen LogP contribution in [0.4, 0.5) is 5.69 Å². The molecule has 0 aliphatic carbocycles. The van der Waals surface area contributed by atoms with Crippen molar-refractivity contribution in [3.63, 3.8) is 0 Å². The van der Waals surface area contributed by atoms with E-state index in [1.807, 2.05) is 24.3 Å². The standard InChI is InChI=1S/C14H16BrN3OS/c1-2-18(9-11-4-3-7-20-11)13-8-10(15)5-6-12(13)14(16)17-19/h3-8,19H,2,9H2,1H3,(H2,16,17). The summed E-state index contributed by atoms with van der Waals surface area (Å²) in [6.07, 6.45) is 0. The summed E-state index contributed by atoms with van der Waals surface area (Å²) in [5.74, 6) is 0.122. The van der Waals surface area contributed by atoms with Crippen LogP contribution in [-0.2, 0) is 6.54 Å². The molecule has 0 unspecified atom stereocenters. The van der Waals surface area contributed by atoms with E-state index in [4.69, 9.17) is 10.9 Å². The molecule has 1 aromatic heterocycles. The summed E-state index contributed by atoms with van der Waals surface area (Å²) in [4.78, 5) is 3.47. The van der Waals surface area contributed by atoms with Crippen LogP contribution in [0.3, 0.4) is 0 Å². The maximum absolute atomic E-state index is 8.93. The molecule has 6 heteroatoms. The first kappa shape index (κ1) is 14.9. The number of hydrogen-bond acceptors (Lipinski definition) is 4. The number of oxime groups is 1. The molecule has 0 saturated heterocycles. The summed E-state index contributed by atoms with van der Waals surface area (Å²) in [6.45, 7) is 3.72. The van der Waals surface area contributed by atoms with E-state index in [-0.39, 0.29) is 5.84 Å². The number of halogens is 1. The second kappa shape index (κ2) is 6.76. The largest absolute Gasteiger partial charge is 0.409 e. The third kappa shape index (κ3) is 3.32. The number of amidine groups is 1. The summed E-state index contributed by atoms with van der Waals surface area (Å²) < 4.78 is 0.964. The van der Waals surface area contributed by atoms with Crippen molar-refractivity contribution in [3.8, 4) is 0 Å². The highest BCUT2D eigenvalue weighted by Gasteiger charge is 2.14. The second-order valence-electron chi connectivity index (χ2n) is 4.24. The predicted molar refractivity (Wildman–Crippen MR) is 87.7 cm³/mol. The molecule has 0 atom stereocenters. The van der Waals surface area contributed by atoms with E-state index >= 15 is 0 Å². The smallest absolute Gasteiger partial charge is 0.172 e. The molecule has 0 aliphatic heterocycles. The van der Waals surface area contributed by atoms with E-state index in [1.165, 1.54) is 4.88 Å². The molecule has 1 heterocycles. The van der Waals surface area contributed by atoms with Gasteiger partial charge in [-0.1, -0.05) is 27.2 Å². The van der Waals surface area contributed by atoms with Gasteiger partial charge in [-0.3, -0.25) is 0 Å².